The quantitative estimate of drug-likeness (QED) is 0.807. The zero-order valence-corrected chi connectivity index (χ0v) is 12.7. The van der Waals surface area contributed by atoms with Crippen molar-refractivity contribution in [2.75, 3.05) is 7.11 Å². The largest absolute Gasteiger partial charge is 0.496 e. The molecule has 1 heterocycles. The fraction of sp³-hybridized carbons (Fsp3) is 0.111. The lowest BCUT2D eigenvalue weighted by Gasteiger charge is -2.16. The predicted octanol–water partition coefficient (Wildman–Crippen LogP) is 2.91. The van der Waals surface area contributed by atoms with Gasteiger partial charge < -0.3 is 14.4 Å². The fourth-order valence-electron chi connectivity index (χ4n) is 2.84. The normalized spacial score (nSPS) is 10.7. The molecular weight excluding hydrogens is 294 g/mol. The number of hydrogen-bond donors (Lipinski definition) is 1. The van der Waals surface area contributed by atoms with Crippen molar-refractivity contribution in [3.8, 4) is 16.9 Å². The molecule has 5 nitrogen and oxygen atoms in total. The summed E-state index contributed by atoms with van der Waals surface area (Å²) in [5.74, 6) is -0.602. The second-order valence-electron chi connectivity index (χ2n) is 5.14. The van der Waals surface area contributed by atoms with Crippen LogP contribution in [-0.2, 0) is 7.05 Å². The van der Waals surface area contributed by atoms with Gasteiger partial charge in [0.25, 0.3) is 5.56 Å². The maximum Gasteiger partial charge on any atom is 0.353 e. The van der Waals surface area contributed by atoms with Crippen LogP contribution in [0, 0.1) is 0 Å². The van der Waals surface area contributed by atoms with E-state index in [0.29, 0.717) is 27.6 Å². The van der Waals surface area contributed by atoms with Gasteiger partial charge in [-0.25, -0.2) is 4.79 Å². The molecule has 0 aliphatic rings. The zero-order valence-electron chi connectivity index (χ0n) is 12.7. The van der Waals surface area contributed by atoms with E-state index in [1.807, 2.05) is 12.1 Å². The van der Waals surface area contributed by atoms with Gasteiger partial charge in [0.2, 0.25) is 0 Å². The Balaban J connectivity index is 2.58. The molecule has 0 bridgehead atoms. The average molecular weight is 309 g/mol. The van der Waals surface area contributed by atoms with Gasteiger partial charge in [-0.15, -0.1) is 0 Å². The molecule has 3 aromatic rings. The molecule has 0 saturated carbocycles. The molecule has 0 unspecified atom stereocenters. The Hall–Kier alpha value is -3.08. The van der Waals surface area contributed by atoms with Crippen LogP contribution in [-0.4, -0.2) is 22.8 Å². The lowest BCUT2D eigenvalue weighted by Crippen LogP contribution is -2.24. The highest BCUT2D eigenvalue weighted by molar-refractivity contribution is 6.07. The number of pyridine rings is 1. The van der Waals surface area contributed by atoms with Gasteiger partial charge in [-0.2, -0.15) is 0 Å². The van der Waals surface area contributed by atoms with Gasteiger partial charge >= 0.3 is 5.97 Å². The van der Waals surface area contributed by atoms with Crippen molar-refractivity contribution in [3.63, 3.8) is 0 Å². The van der Waals surface area contributed by atoms with Crippen molar-refractivity contribution in [2.24, 2.45) is 7.05 Å². The summed E-state index contributed by atoms with van der Waals surface area (Å²) in [5.41, 5.74) is 0.724. The Morgan fingerprint density at radius 1 is 1.04 bits per heavy atom. The molecule has 0 saturated heterocycles. The van der Waals surface area contributed by atoms with Crippen LogP contribution in [0.15, 0.2) is 53.3 Å². The molecule has 0 atom stereocenters. The topological polar surface area (TPSA) is 68.5 Å². The van der Waals surface area contributed by atoms with E-state index in [2.05, 4.69) is 0 Å². The van der Waals surface area contributed by atoms with E-state index in [1.165, 1.54) is 18.7 Å². The third-order valence-corrected chi connectivity index (χ3v) is 3.88. The van der Waals surface area contributed by atoms with Crippen LogP contribution in [0.3, 0.4) is 0 Å². The summed E-state index contributed by atoms with van der Waals surface area (Å²) >= 11 is 0. The number of nitrogens with zero attached hydrogens (tertiary/aromatic N) is 1. The molecule has 0 amide bonds. The van der Waals surface area contributed by atoms with Crippen LogP contribution in [0.2, 0.25) is 0 Å². The van der Waals surface area contributed by atoms with Crippen LogP contribution in [0.5, 0.6) is 5.75 Å². The molecule has 1 N–H and O–H groups in total. The van der Waals surface area contributed by atoms with Gasteiger partial charge in [-0.05, 0) is 17.5 Å². The van der Waals surface area contributed by atoms with Crippen molar-refractivity contribution in [3.05, 3.63) is 64.6 Å². The van der Waals surface area contributed by atoms with Crippen LogP contribution >= 0.6 is 0 Å². The number of aromatic carboxylic acids is 1. The number of carboxylic acid groups (broad SMARTS) is 1. The van der Waals surface area contributed by atoms with Crippen molar-refractivity contribution in [1.82, 2.24) is 4.57 Å². The lowest BCUT2D eigenvalue weighted by atomic mass is 9.96. The number of rotatable bonds is 3. The number of benzene rings is 2. The minimum atomic E-state index is -1.16. The highest BCUT2D eigenvalue weighted by Crippen LogP contribution is 2.36. The first-order valence-electron chi connectivity index (χ1n) is 7.04. The maximum atomic E-state index is 12.5. The molecule has 2 aromatic carbocycles. The second kappa shape index (κ2) is 5.61. The van der Waals surface area contributed by atoms with Crippen molar-refractivity contribution < 1.29 is 14.6 Å². The minimum absolute atomic E-state index is 0.0572. The van der Waals surface area contributed by atoms with E-state index in [4.69, 9.17) is 4.74 Å². The number of fused-ring (bicyclic) bond motifs is 1. The van der Waals surface area contributed by atoms with E-state index in [-0.39, 0.29) is 11.3 Å². The Morgan fingerprint density at radius 3 is 2.30 bits per heavy atom. The number of para-hydroxylation sites is 1. The standard InChI is InChI=1S/C18H15NO4/c1-19-16(18(21)22)15(13-9-5-6-10-14(13)23-2)11-7-3-4-8-12(11)17(19)20/h3-10H,1-2H3,(H,21,22). The smallest absolute Gasteiger partial charge is 0.353 e. The highest BCUT2D eigenvalue weighted by atomic mass is 16.5. The molecule has 0 aliphatic carbocycles. The second-order valence-corrected chi connectivity index (χ2v) is 5.14. The van der Waals surface area contributed by atoms with Gasteiger partial charge in [0, 0.05) is 23.6 Å². The van der Waals surface area contributed by atoms with E-state index < -0.39 is 5.97 Å². The summed E-state index contributed by atoms with van der Waals surface area (Å²) in [5, 5.41) is 10.7. The summed E-state index contributed by atoms with van der Waals surface area (Å²) in [6.45, 7) is 0. The van der Waals surface area contributed by atoms with Gasteiger partial charge in [0.1, 0.15) is 11.4 Å². The third-order valence-electron chi connectivity index (χ3n) is 3.88. The SMILES string of the molecule is COc1ccccc1-c1c(C(=O)O)n(C)c(=O)c2ccccc12. The van der Waals surface area contributed by atoms with Crippen LogP contribution in [0.25, 0.3) is 21.9 Å². The van der Waals surface area contributed by atoms with Crippen LogP contribution in [0.4, 0.5) is 0 Å². The van der Waals surface area contributed by atoms with Gasteiger partial charge in [-0.3, -0.25) is 4.79 Å². The number of ether oxygens (including phenoxy) is 1. The molecule has 0 radical (unpaired) electrons. The Bertz CT molecular complexity index is 972. The number of hydrogen-bond acceptors (Lipinski definition) is 3. The minimum Gasteiger partial charge on any atom is -0.496 e. The summed E-state index contributed by atoms with van der Waals surface area (Å²) in [6, 6.07) is 14.2. The van der Waals surface area contributed by atoms with E-state index >= 15 is 0 Å². The Morgan fingerprint density at radius 2 is 1.65 bits per heavy atom. The van der Waals surface area contributed by atoms with Crippen molar-refractivity contribution >= 4 is 16.7 Å². The first-order chi connectivity index (χ1) is 11.1. The van der Waals surface area contributed by atoms with E-state index in [9.17, 15) is 14.7 Å². The van der Waals surface area contributed by atoms with Gasteiger partial charge in [0.15, 0.2) is 0 Å². The fourth-order valence-corrected chi connectivity index (χ4v) is 2.84. The third kappa shape index (κ3) is 2.26. The average Bonchev–Trinajstić information content (AvgIpc) is 2.57. The number of carbonyl (C=O) groups is 1. The summed E-state index contributed by atoms with van der Waals surface area (Å²) < 4.78 is 6.55. The molecule has 5 heteroatoms. The summed E-state index contributed by atoms with van der Waals surface area (Å²) in [4.78, 5) is 24.3. The van der Waals surface area contributed by atoms with Crippen molar-refractivity contribution in [1.29, 1.82) is 0 Å². The van der Waals surface area contributed by atoms with Crippen LogP contribution in [0.1, 0.15) is 10.5 Å². The van der Waals surface area contributed by atoms with E-state index in [1.54, 1.807) is 36.4 Å². The first kappa shape index (κ1) is 14.8. The lowest BCUT2D eigenvalue weighted by molar-refractivity contribution is 0.0686. The molecule has 116 valence electrons. The monoisotopic (exact) mass is 309 g/mol. The molecule has 0 aliphatic heterocycles. The molecule has 0 fully saturated rings. The number of aromatic nitrogens is 1. The first-order valence-corrected chi connectivity index (χ1v) is 7.04. The molecular formula is C18H15NO4. The Kier molecular flexibility index (Phi) is 3.62. The van der Waals surface area contributed by atoms with Gasteiger partial charge in [-0.1, -0.05) is 36.4 Å². The number of methoxy groups -OCH3 is 1. The van der Waals surface area contributed by atoms with Crippen LogP contribution < -0.4 is 10.3 Å². The zero-order chi connectivity index (χ0) is 16.6. The van der Waals surface area contributed by atoms with E-state index in [0.717, 1.165) is 0 Å². The molecule has 23 heavy (non-hydrogen) atoms. The Labute approximate surface area is 132 Å². The summed E-state index contributed by atoms with van der Waals surface area (Å²) in [6.07, 6.45) is 0. The van der Waals surface area contributed by atoms with Gasteiger partial charge in [0.05, 0.1) is 7.11 Å². The molecule has 1 aromatic heterocycles. The number of carboxylic acids is 1. The molecule has 3 rings (SSSR count). The maximum absolute atomic E-state index is 12.5. The highest BCUT2D eigenvalue weighted by Gasteiger charge is 2.22. The van der Waals surface area contributed by atoms with Crippen molar-refractivity contribution in [2.45, 2.75) is 0 Å². The predicted molar refractivity (Wildman–Crippen MR) is 88.1 cm³/mol. The summed E-state index contributed by atoms with van der Waals surface area (Å²) in [7, 11) is 3.00. The molecule has 0 spiro atoms.